The van der Waals surface area contributed by atoms with Gasteiger partial charge < -0.3 is 19.8 Å². The van der Waals surface area contributed by atoms with Gasteiger partial charge in [-0.2, -0.15) is 0 Å². The minimum absolute atomic E-state index is 0.0439. The van der Waals surface area contributed by atoms with E-state index in [0.29, 0.717) is 35.2 Å². The highest BCUT2D eigenvalue weighted by Gasteiger charge is 2.28. The van der Waals surface area contributed by atoms with E-state index in [1.807, 2.05) is 37.3 Å². The number of carboxylic acids is 1. The first-order valence-electron chi connectivity index (χ1n) is 9.59. The zero-order valence-electron chi connectivity index (χ0n) is 16.6. The van der Waals surface area contributed by atoms with Gasteiger partial charge in [0.2, 0.25) is 5.91 Å². The van der Waals surface area contributed by atoms with Crippen LogP contribution in [0.25, 0.3) is 0 Å². The molecule has 1 saturated heterocycles. The van der Waals surface area contributed by atoms with Gasteiger partial charge in [0, 0.05) is 24.1 Å². The second-order valence-electron chi connectivity index (χ2n) is 6.92. The zero-order chi connectivity index (χ0) is 21.5. The smallest absolute Gasteiger partial charge is 0.355 e. The normalized spacial score (nSPS) is 17.6. The van der Waals surface area contributed by atoms with Crippen molar-refractivity contribution >= 4 is 35.0 Å². The Morgan fingerprint density at radius 3 is 2.90 bits per heavy atom. The van der Waals surface area contributed by atoms with Crippen molar-refractivity contribution < 1.29 is 24.5 Å². The van der Waals surface area contributed by atoms with Gasteiger partial charge in [-0.1, -0.05) is 41.6 Å². The van der Waals surface area contributed by atoms with Crippen LogP contribution in [-0.4, -0.2) is 63.0 Å². The number of carbonyl (C=O) groups excluding carboxylic acids is 1. The number of hydrogen-bond acceptors (Lipinski definition) is 7. The second kappa shape index (κ2) is 10.6. The van der Waals surface area contributed by atoms with Crippen LogP contribution in [0, 0.1) is 6.92 Å². The summed E-state index contributed by atoms with van der Waals surface area (Å²) in [6, 6.07) is 7.57. The molecule has 0 radical (unpaired) electrons. The first kappa shape index (κ1) is 22.3. The van der Waals surface area contributed by atoms with Gasteiger partial charge in [-0.05, 0) is 25.5 Å². The van der Waals surface area contributed by atoms with Crippen molar-refractivity contribution in [2.24, 2.45) is 0 Å². The topological polar surface area (TPSA) is 100.0 Å². The van der Waals surface area contributed by atoms with Gasteiger partial charge in [0.05, 0.1) is 6.04 Å². The highest BCUT2D eigenvalue weighted by molar-refractivity contribution is 8.01. The van der Waals surface area contributed by atoms with Gasteiger partial charge in [0.15, 0.2) is 10.0 Å². The number of likely N-dealkylation sites (tertiary alicyclic amines) is 1. The van der Waals surface area contributed by atoms with Crippen LogP contribution in [0.1, 0.15) is 28.9 Å². The highest BCUT2D eigenvalue weighted by atomic mass is 32.2. The average molecular weight is 449 g/mol. The molecule has 1 unspecified atom stereocenters. The van der Waals surface area contributed by atoms with E-state index in [-0.39, 0.29) is 24.2 Å². The monoisotopic (exact) mass is 448 g/mol. The number of benzene rings is 1. The van der Waals surface area contributed by atoms with Crippen molar-refractivity contribution in [3.63, 3.8) is 0 Å². The number of aromatic nitrogens is 1. The Labute approximate surface area is 183 Å². The van der Waals surface area contributed by atoms with Crippen LogP contribution in [-0.2, 0) is 4.79 Å². The maximum atomic E-state index is 12.2. The standard InChI is InChI=1S/C21H24N2O5S2/c1-14-2-7-17(8-3-14)28-12-16(24)6-4-15-5-9-19(25)23(15)10-11-29-21-22-18(13-30-21)20(26)27/h2-4,6-8,13,15-16,24H,5,9-12H2,1H3,(H,26,27)/t15-,16?/m0/s1. The first-order chi connectivity index (χ1) is 14.4. The predicted octanol–water partition coefficient (Wildman–Crippen LogP) is 3.23. The molecule has 160 valence electrons. The Kier molecular flexibility index (Phi) is 7.89. The number of aliphatic hydroxyl groups is 1. The van der Waals surface area contributed by atoms with Crippen LogP contribution in [0.15, 0.2) is 46.1 Å². The van der Waals surface area contributed by atoms with Crippen LogP contribution in [0.2, 0.25) is 0 Å². The molecule has 7 nitrogen and oxygen atoms in total. The van der Waals surface area contributed by atoms with E-state index < -0.39 is 12.1 Å². The number of aryl methyl sites for hydroxylation is 1. The minimum atomic E-state index is -1.04. The molecule has 2 atom stereocenters. The molecule has 1 amide bonds. The number of rotatable bonds is 10. The summed E-state index contributed by atoms with van der Waals surface area (Å²) in [5.74, 6) is 0.377. The summed E-state index contributed by atoms with van der Waals surface area (Å²) in [6.07, 6.45) is 3.98. The average Bonchev–Trinajstić information content (AvgIpc) is 3.33. The summed E-state index contributed by atoms with van der Waals surface area (Å²) in [7, 11) is 0. The first-order valence-corrected chi connectivity index (χ1v) is 11.5. The molecule has 1 fully saturated rings. The lowest BCUT2D eigenvalue weighted by atomic mass is 10.2. The molecular weight excluding hydrogens is 424 g/mol. The lowest BCUT2D eigenvalue weighted by Gasteiger charge is -2.22. The SMILES string of the molecule is Cc1ccc(OCC(O)C=C[C@H]2CCC(=O)N2CCSc2nc(C(=O)O)cs2)cc1. The minimum Gasteiger partial charge on any atom is -0.491 e. The summed E-state index contributed by atoms with van der Waals surface area (Å²) in [5, 5.41) is 20.6. The Hall–Kier alpha value is -2.36. The number of carbonyl (C=O) groups is 2. The molecule has 2 heterocycles. The van der Waals surface area contributed by atoms with Gasteiger partial charge in [0.25, 0.3) is 0 Å². The molecule has 0 spiro atoms. The Bertz CT molecular complexity index is 897. The van der Waals surface area contributed by atoms with Gasteiger partial charge in [-0.25, -0.2) is 9.78 Å². The van der Waals surface area contributed by atoms with E-state index in [1.54, 1.807) is 11.0 Å². The molecule has 1 aliphatic rings. The third kappa shape index (κ3) is 6.32. The van der Waals surface area contributed by atoms with Crippen LogP contribution >= 0.6 is 23.1 Å². The molecule has 3 rings (SSSR count). The van der Waals surface area contributed by atoms with E-state index in [2.05, 4.69) is 4.98 Å². The van der Waals surface area contributed by atoms with Gasteiger partial charge >= 0.3 is 5.97 Å². The van der Waals surface area contributed by atoms with Crippen molar-refractivity contribution in [2.75, 3.05) is 18.9 Å². The maximum Gasteiger partial charge on any atom is 0.355 e. The molecule has 0 bridgehead atoms. The molecule has 1 aliphatic heterocycles. The quantitative estimate of drug-likeness (QED) is 0.425. The third-order valence-electron chi connectivity index (χ3n) is 4.63. The van der Waals surface area contributed by atoms with Crippen LogP contribution < -0.4 is 4.74 Å². The number of hydrogen-bond donors (Lipinski definition) is 2. The molecule has 1 aromatic heterocycles. The van der Waals surface area contributed by atoms with Crippen molar-refractivity contribution in [3.05, 3.63) is 53.1 Å². The number of carboxylic acid groups (broad SMARTS) is 1. The number of amides is 1. The summed E-state index contributed by atoms with van der Waals surface area (Å²) < 4.78 is 6.26. The van der Waals surface area contributed by atoms with Gasteiger partial charge in [0.1, 0.15) is 18.5 Å². The lowest BCUT2D eigenvalue weighted by Crippen LogP contribution is -2.34. The predicted molar refractivity (Wildman–Crippen MR) is 116 cm³/mol. The fraction of sp³-hybridized carbons (Fsp3) is 0.381. The number of thioether (sulfide) groups is 1. The zero-order valence-corrected chi connectivity index (χ0v) is 18.2. The highest BCUT2D eigenvalue weighted by Crippen LogP contribution is 2.25. The van der Waals surface area contributed by atoms with Gasteiger partial charge in [-0.3, -0.25) is 4.79 Å². The van der Waals surface area contributed by atoms with Crippen molar-refractivity contribution in [2.45, 2.75) is 36.3 Å². The van der Waals surface area contributed by atoms with E-state index in [9.17, 15) is 14.7 Å². The summed E-state index contributed by atoms with van der Waals surface area (Å²) in [5.41, 5.74) is 1.19. The van der Waals surface area contributed by atoms with Crippen molar-refractivity contribution in [3.8, 4) is 5.75 Å². The number of ether oxygens (including phenoxy) is 1. The Balaban J connectivity index is 1.46. The molecule has 2 aromatic rings. The fourth-order valence-corrected chi connectivity index (χ4v) is 4.84. The van der Waals surface area contributed by atoms with E-state index in [1.165, 1.54) is 28.5 Å². The Morgan fingerprint density at radius 1 is 1.43 bits per heavy atom. The third-order valence-corrected chi connectivity index (χ3v) is 6.63. The molecule has 0 aliphatic carbocycles. The van der Waals surface area contributed by atoms with Gasteiger partial charge in [-0.15, -0.1) is 11.3 Å². The van der Waals surface area contributed by atoms with Crippen LogP contribution in [0.3, 0.4) is 0 Å². The second-order valence-corrected chi connectivity index (χ2v) is 9.12. The fourth-order valence-electron chi connectivity index (χ4n) is 3.03. The maximum absolute atomic E-state index is 12.2. The molecule has 1 aromatic carbocycles. The molecular formula is C21H24N2O5S2. The molecule has 9 heteroatoms. The number of aliphatic hydroxyl groups excluding tert-OH is 1. The van der Waals surface area contributed by atoms with Crippen LogP contribution in [0.5, 0.6) is 5.75 Å². The summed E-state index contributed by atoms with van der Waals surface area (Å²) in [6.45, 7) is 2.68. The molecule has 2 N–H and O–H groups in total. The summed E-state index contributed by atoms with van der Waals surface area (Å²) in [4.78, 5) is 28.9. The Morgan fingerprint density at radius 2 is 2.20 bits per heavy atom. The van der Waals surface area contributed by atoms with Crippen molar-refractivity contribution in [1.29, 1.82) is 0 Å². The van der Waals surface area contributed by atoms with E-state index in [4.69, 9.17) is 9.84 Å². The lowest BCUT2D eigenvalue weighted by molar-refractivity contribution is -0.128. The van der Waals surface area contributed by atoms with E-state index in [0.717, 1.165) is 5.56 Å². The van der Waals surface area contributed by atoms with Crippen molar-refractivity contribution in [1.82, 2.24) is 9.88 Å². The summed E-state index contributed by atoms with van der Waals surface area (Å²) >= 11 is 2.72. The van der Waals surface area contributed by atoms with Crippen LogP contribution in [0.4, 0.5) is 0 Å². The largest absolute Gasteiger partial charge is 0.491 e. The number of aromatic carboxylic acids is 1. The number of thiazole rings is 1. The number of nitrogens with zero attached hydrogens (tertiary/aromatic N) is 2. The molecule has 0 saturated carbocycles. The van der Waals surface area contributed by atoms with E-state index >= 15 is 0 Å². The molecule has 30 heavy (non-hydrogen) atoms.